The largest absolute Gasteiger partial charge is 0.357 e. The summed E-state index contributed by atoms with van der Waals surface area (Å²) in [5.74, 6) is -0.824. The second kappa shape index (κ2) is 11.5. The maximum absolute atomic E-state index is 13.2. The van der Waals surface area contributed by atoms with E-state index in [4.69, 9.17) is 0 Å². The molecule has 1 heterocycles. The van der Waals surface area contributed by atoms with Crippen molar-refractivity contribution in [3.05, 3.63) is 62.3 Å². The van der Waals surface area contributed by atoms with Crippen LogP contribution >= 0.6 is 11.3 Å². The quantitative estimate of drug-likeness (QED) is 0.430. The van der Waals surface area contributed by atoms with Crippen LogP contribution in [-0.2, 0) is 22.6 Å². The first kappa shape index (κ1) is 24.3. The van der Waals surface area contributed by atoms with Crippen molar-refractivity contribution in [2.24, 2.45) is 4.99 Å². The molecule has 0 fully saturated rings. The zero-order valence-electron chi connectivity index (χ0n) is 18.7. The molecule has 1 atom stereocenters. The highest BCUT2D eigenvalue weighted by atomic mass is 32.1. The standard InChI is InChI=1S/C25H27N3O4S/c1-26-24(31)22(7-5-11-29)28(2)25(32)21-12-17(9-10-19(21)16-30)14-27-15-20-13-18-6-3-4-8-23(18)33-20/h3,6,9-13,15-16,22H,4-5,7-8,14H2,1-2H3,(H,26,31). The fourth-order valence-electron chi connectivity index (χ4n) is 3.74. The number of allylic oxidation sites excluding steroid dienone is 1. The number of likely N-dealkylation sites (N-methyl/N-ethyl adjacent to an activating group) is 2. The van der Waals surface area contributed by atoms with E-state index in [0.717, 1.165) is 23.3 Å². The Bertz CT molecular complexity index is 1100. The van der Waals surface area contributed by atoms with Gasteiger partial charge in [-0.05, 0) is 42.5 Å². The van der Waals surface area contributed by atoms with Crippen molar-refractivity contribution in [1.29, 1.82) is 0 Å². The Morgan fingerprint density at radius 3 is 2.79 bits per heavy atom. The highest BCUT2D eigenvalue weighted by molar-refractivity contribution is 7.14. The van der Waals surface area contributed by atoms with Gasteiger partial charge in [-0.2, -0.15) is 0 Å². The second-order valence-electron chi connectivity index (χ2n) is 7.77. The molecule has 1 aromatic heterocycles. The molecule has 0 spiro atoms. The van der Waals surface area contributed by atoms with Gasteiger partial charge in [-0.3, -0.25) is 19.4 Å². The van der Waals surface area contributed by atoms with Crippen molar-refractivity contribution in [3.63, 3.8) is 0 Å². The van der Waals surface area contributed by atoms with E-state index < -0.39 is 11.9 Å². The molecule has 0 bridgehead atoms. The van der Waals surface area contributed by atoms with Crippen molar-refractivity contribution in [1.82, 2.24) is 10.2 Å². The molecule has 1 aliphatic carbocycles. The predicted octanol–water partition coefficient (Wildman–Crippen LogP) is 3.30. The summed E-state index contributed by atoms with van der Waals surface area (Å²) in [4.78, 5) is 56.0. The monoisotopic (exact) mass is 465 g/mol. The summed E-state index contributed by atoms with van der Waals surface area (Å²) < 4.78 is 0. The number of nitrogens with zero attached hydrogens (tertiary/aromatic N) is 2. The highest BCUT2D eigenvalue weighted by Gasteiger charge is 2.27. The van der Waals surface area contributed by atoms with E-state index >= 15 is 0 Å². The van der Waals surface area contributed by atoms with E-state index in [0.29, 0.717) is 19.1 Å². The Labute approximate surface area is 197 Å². The average molecular weight is 466 g/mol. The fraction of sp³-hybridized carbons (Fsp3) is 0.320. The number of carbonyl (C=O) groups excluding carboxylic acids is 4. The van der Waals surface area contributed by atoms with Crippen LogP contribution in [0.4, 0.5) is 0 Å². The van der Waals surface area contributed by atoms with Crippen LogP contribution in [0.3, 0.4) is 0 Å². The molecular formula is C25H27N3O4S. The first-order chi connectivity index (χ1) is 16.0. The van der Waals surface area contributed by atoms with E-state index in [-0.39, 0.29) is 29.9 Å². The molecule has 3 rings (SSSR count). The normalized spacial score (nSPS) is 13.4. The maximum atomic E-state index is 13.2. The van der Waals surface area contributed by atoms with Crippen LogP contribution in [0, 0.1) is 0 Å². The van der Waals surface area contributed by atoms with Crippen LogP contribution in [0.1, 0.15) is 60.9 Å². The van der Waals surface area contributed by atoms with E-state index in [9.17, 15) is 19.2 Å². The lowest BCUT2D eigenvalue weighted by Gasteiger charge is -2.27. The van der Waals surface area contributed by atoms with Gasteiger partial charge in [-0.1, -0.05) is 24.3 Å². The third kappa shape index (κ3) is 5.90. The van der Waals surface area contributed by atoms with Gasteiger partial charge < -0.3 is 15.0 Å². The number of benzene rings is 1. The lowest BCUT2D eigenvalue weighted by atomic mass is 10.0. The first-order valence-corrected chi connectivity index (χ1v) is 11.6. The molecule has 0 aliphatic heterocycles. The van der Waals surface area contributed by atoms with Gasteiger partial charge in [0.15, 0.2) is 6.29 Å². The van der Waals surface area contributed by atoms with Gasteiger partial charge in [0, 0.05) is 42.0 Å². The minimum absolute atomic E-state index is 0.146. The lowest BCUT2D eigenvalue weighted by molar-refractivity contribution is -0.125. The van der Waals surface area contributed by atoms with Crippen molar-refractivity contribution in [2.75, 3.05) is 14.1 Å². The van der Waals surface area contributed by atoms with Crippen LogP contribution in [0.15, 0.2) is 35.3 Å². The number of hydrogen-bond acceptors (Lipinski definition) is 6. The van der Waals surface area contributed by atoms with Crippen molar-refractivity contribution < 1.29 is 19.2 Å². The molecule has 2 aromatic rings. The number of hydrogen-bond donors (Lipinski definition) is 1. The number of aldehydes is 2. The smallest absolute Gasteiger partial charge is 0.255 e. The lowest BCUT2D eigenvalue weighted by Crippen LogP contribution is -2.47. The number of aliphatic imine (C=N–C) groups is 1. The van der Waals surface area contributed by atoms with Gasteiger partial charge in [0.1, 0.15) is 12.3 Å². The van der Waals surface area contributed by atoms with E-state index in [1.165, 1.54) is 29.4 Å². The Morgan fingerprint density at radius 2 is 2.09 bits per heavy atom. The number of fused-ring (bicyclic) bond motifs is 1. The minimum atomic E-state index is -0.812. The summed E-state index contributed by atoms with van der Waals surface area (Å²) in [6.07, 6.45) is 9.95. The molecule has 172 valence electrons. The predicted molar refractivity (Wildman–Crippen MR) is 130 cm³/mol. The molecule has 7 nitrogen and oxygen atoms in total. The van der Waals surface area contributed by atoms with Gasteiger partial charge in [-0.25, -0.2) is 0 Å². The number of rotatable bonds is 10. The van der Waals surface area contributed by atoms with Crippen LogP contribution in [0.5, 0.6) is 0 Å². The fourth-order valence-corrected chi connectivity index (χ4v) is 4.81. The number of aryl methyl sites for hydroxylation is 1. The zero-order chi connectivity index (χ0) is 23.8. The van der Waals surface area contributed by atoms with Crippen molar-refractivity contribution in [3.8, 4) is 0 Å². The summed E-state index contributed by atoms with van der Waals surface area (Å²) in [5.41, 5.74) is 2.47. The molecule has 0 radical (unpaired) electrons. The molecule has 1 aliphatic rings. The maximum Gasteiger partial charge on any atom is 0.255 e. The molecule has 0 saturated carbocycles. The molecule has 33 heavy (non-hydrogen) atoms. The van der Waals surface area contributed by atoms with E-state index in [1.807, 2.05) is 6.21 Å². The second-order valence-corrected chi connectivity index (χ2v) is 8.94. The Hall–Kier alpha value is -3.39. The molecular weight excluding hydrogens is 438 g/mol. The molecule has 1 unspecified atom stereocenters. The summed E-state index contributed by atoms with van der Waals surface area (Å²) in [6.45, 7) is 0.353. The molecule has 2 amide bonds. The number of carbonyl (C=O) groups is 4. The number of nitrogens with one attached hydrogen (secondary N) is 1. The zero-order valence-corrected chi connectivity index (χ0v) is 19.6. The van der Waals surface area contributed by atoms with Crippen LogP contribution in [-0.4, -0.2) is 55.6 Å². The molecule has 1 N–H and O–H groups in total. The Kier molecular flexibility index (Phi) is 8.43. The van der Waals surface area contributed by atoms with Crippen molar-refractivity contribution in [2.45, 2.75) is 38.3 Å². The summed E-state index contributed by atoms with van der Waals surface area (Å²) >= 11 is 1.73. The molecule has 1 aromatic carbocycles. The Balaban J connectivity index is 1.77. The van der Waals surface area contributed by atoms with E-state index in [2.05, 4.69) is 28.5 Å². The summed E-state index contributed by atoms with van der Waals surface area (Å²) in [6, 6.07) is 6.31. The third-order valence-electron chi connectivity index (χ3n) is 5.56. The van der Waals surface area contributed by atoms with Gasteiger partial charge in [0.2, 0.25) is 5.91 Å². The summed E-state index contributed by atoms with van der Waals surface area (Å²) in [7, 11) is 2.98. The Morgan fingerprint density at radius 1 is 1.27 bits per heavy atom. The number of amides is 2. The summed E-state index contributed by atoms with van der Waals surface area (Å²) in [5, 5.41) is 2.52. The van der Waals surface area contributed by atoms with Crippen molar-refractivity contribution >= 4 is 48.0 Å². The molecule has 0 saturated heterocycles. The van der Waals surface area contributed by atoms with Gasteiger partial charge in [0.25, 0.3) is 5.91 Å². The van der Waals surface area contributed by atoms with Crippen LogP contribution in [0.25, 0.3) is 6.08 Å². The topological polar surface area (TPSA) is 95.9 Å². The van der Waals surface area contributed by atoms with Crippen LogP contribution in [0.2, 0.25) is 0 Å². The van der Waals surface area contributed by atoms with Gasteiger partial charge in [0.05, 0.1) is 12.1 Å². The first-order valence-electron chi connectivity index (χ1n) is 10.8. The third-order valence-corrected chi connectivity index (χ3v) is 6.70. The molecule has 8 heteroatoms. The number of thiophene rings is 1. The SMILES string of the molecule is CNC(=O)C(CCC=O)N(C)C(=O)c1cc(CN=Cc2cc3c(s2)CCC=C3)ccc1C=O. The van der Waals surface area contributed by atoms with Gasteiger partial charge in [-0.15, -0.1) is 11.3 Å². The minimum Gasteiger partial charge on any atom is -0.357 e. The highest BCUT2D eigenvalue weighted by Crippen LogP contribution is 2.27. The van der Waals surface area contributed by atoms with Gasteiger partial charge >= 0.3 is 0 Å². The van der Waals surface area contributed by atoms with Crippen LogP contribution < -0.4 is 5.32 Å². The average Bonchev–Trinajstić information content (AvgIpc) is 3.26. The van der Waals surface area contributed by atoms with E-state index in [1.54, 1.807) is 29.5 Å².